The van der Waals surface area contributed by atoms with Crippen LogP contribution in [0.25, 0.3) is 21.5 Å². The van der Waals surface area contributed by atoms with Crippen molar-refractivity contribution in [3.8, 4) is 0 Å². The molecule has 0 aliphatic carbocycles. The second-order valence-electron chi connectivity index (χ2n) is 7.77. The molecular formula is C28H29. The van der Waals surface area contributed by atoms with E-state index in [0.29, 0.717) is 0 Å². The minimum Gasteiger partial charge on any atom is -0.0654 e. The molecule has 0 nitrogen and oxygen atoms in total. The summed E-state index contributed by atoms with van der Waals surface area (Å²) in [5.41, 5.74) is 2.73. The number of hydrogen-bond acceptors (Lipinski definition) is 0. The highest BCUT2D eigenvalue weighted by Crippen LogP contribution is 2.33. The van der Waals surface area contributed by atoms with Gasteiger partial charge in [0.05, 0.1) is 0 Å². The normalized spacial score (nSPS) is 11.5. The highest BCUT2D eigenvalue weighted by Gasteiger charge is 2.16. The Morgan fingerprint density at radius 3 is 1.57 bits per heavy atom. The van der Waals surface area contributed by atoms with Gasteiger partial charge in [-0.15, -0.1) is 0 Å². The first-order valence-corrected chi connectivity index (χ1v) is 10.7. The van der Waals surface area contributed by atoms with Crippen LogP contribution in [-0.4, -0.2) is 0 Å². The maximum Gasteiger partial charge on any atom is 0.0340 e. The average molecular weight is 366 g/mol. The van der Waals surface area contributed by atoms with Crippen LogP contribution in [0.3, 0.4) is 0 Å². The van der Waals surface area contributed by atoms with E-state index in [1.807, 2.05) is 0 Å². The van der Waals surface area contributed by atoms with Gasteiger partial charge in [-0.05, 0) is 39.1 Å². The Hall–Kier alpha value is -2.60. The molecule has 0 spiro atoms. The maximum atomic E-state index is 2.37. The van der Waals surface area contributed by atoms with Crippen molar-refractivity contribution in [3.05, 3.63) is 102 Å². The van der Waals surface area contributed by atoms with E-state index >= 15 is 0 Å². The molecule has 0 aliphatic heterocycles. The predicted octanol–water partition coefficient (Wildman–Crippen LogP) is 8.32. The van der Waals surface area contributed by atoms with Crippen molar-refractivity contribution < 1.29 is 0 Å². The van der Waals surface area contributed by atoms with E-state index in [4.69, 9.17) is 0 Å². The summed E-state index contributed by atoms with van der Waals surface area (Å²) < 4.78 is 0. The fourth-order valence-corrected chi connectivity index (χ4v) is 4.11. The summed E-state index contributed by atoms with van der Waals surface area (Å²) in [5.74, 6) is 1.48. The first-order chi connectivity index (χ1) is 13.8. The highest BCUT2D eigenvalue weighted by atomic mass is 14.2. The van der Waals surface area contributed by atoms with Crippen LogP contribution in [0.1, 0.15) is 56.6 Å². The summed E-state index contributed by atoms with van der Waals surface area (Å²) in [4.78, 5) is 0. The third-order valence-electron chi connectivity index (χ3n) is 5.73. The molecule has 0 fully saturated rings. The third-order valence-corrected chi connectivity index (χ3v) is 5.73. The van der Waals surface area contributed by atoms with E-state index in [2.05, 4.69) is 91.9 Å². The lowest BCUT2D eigenvalue weighted by Gasteiger charge is -2.19. The Labute approximate surface area is 169 Å². The number of benzene rings is 4. The summed E-state index contributed by atoms with van der Waals surface area (Å²) in [6, 6.07) is 31.2. The molecule has 0 bridgehead atoms. The number of hydrogen-bond donors (Lipinski definition) is 0. The van der Waals surface area contributed by atoms with E-state index in [0.717, 1.165) is 6.42 Å². The van der Waals surface area contributed by atoms with Crippen LogP contribution in [0.15, 0.2) is 84.9 Å². The minimum atomic E-state index is 1.14. The van der Waals surface area contributed by atoms with Crippen molar-refractivity contribution in [1.29, 1.82) is 0 Å². The SMILES string of the molecule is CCCCCCC[C](c1ccc2ccccc2c1)c1ccc2ccccc2c1. The summed E-state index contributed by atoms with van der Waals surface area (Å²) in [6.45, 7) is 2.28. The Bertz CT molecular complexity index is 964. The predicted molar refractivity (Wildman–Crippen MR) is 123 cm³/mol. The van der Waals surface area contributed by atoms with Crippen molar-refractivity contribution in [2.24, 2.45) is 0 Å². The first kappa shape index (κ1) is 18.7. The van der Waals surface area contributed by atoms with Crippen molar-refractivity contribution in [2.75, 3.05) is 0 Å². The van der Waals surface area contributed by atoms with E-state index in [1.165, 1.54) is 70.7 Å². The zero-order valence-corrected chi connectivity index (χ0v) is 16.8. The zero-order valence-electron chi connectivity index (χ0n) is 16.8. The van der Waals surface area contributed by atoms with Crippen LogP contribution in [0.4, 0.5) is 0 Å². The summed E-state index contributed by atoms with van der Waals surface area (Å²) in [5, 5.41) is 5.27. The van der Waals surface area contributed by atoms with E-state index in [-0.39, 0.29) is 0 Å². The number of fused-ring (bicyclic) bond motifs is 2. The summed E-state index contributed by atoms with van der Waals surface area (Å²) >= 11 is 0. The standard InChI is InChI=1S/C28H29/c1-2-3-4-5-6-15-28(26-18-16-22-11-7-9-13-24(22)20-26)27-19-17-23-12-8-10-14-25(23)21-27/h7-14,16-21H,2-6,15H2,1H3. The monoisotopic (exact) mass is 365 g/mol. The lowest BCUT2D eigenvalue weighted by atomic mass is 9.85. The third kappa shape index (κ3) is 4.28. The molecule has 4 rings (SSSR count). The number of rotatable bonds is 8. The molecule has 0 unspecified atom stereocenters. The highest BCUT2D eigenvalue weighted by molar-refractivity contribution is 5.85. The van der Waals surface area contributed by atoms with Gasteiger partial charge in [0.25, 0.3) is 0 Å². The van der Waals surface area contributed by atoms with Gasteiger partial charge in [-0.1, -0.05) is 124 Å². The van der Waals surface area contributed by atoms with Crippen LogP contribution in [-0.2, 0) is 0 Å². The Kier molecular flexibility index (Phi) is 6.07. The largest absolute Gasteiger partial charge is 0.0654 e. The van der Waals surface area contributed by atoms with Gasteiger partial charge in [-0.3, -0.25) is 0 Å². The molecule has 0 N–H and O–H groups in total. The molecule has 0 heteroatoms. The van der Waals surface area contributed by atoms with E-state index < -0.39 is 0 Å². The molecule has 141 valence electrons. The average Bonchev–Trinajstić information content (AvgIpc) is 2.75. The fourth-order valence-electron chi connectivity index (χ4n) is 4.11. The van der Waals surface area contributed by atoms with Crippen LogP contribution in [0, 0.1) is 5.92 Å². The molecule has 0 aliphatic rings. The maximum absolute atomic E-state index is 2.37. The molecule has 0 saturated carbocycles. The summed E-state index contributed by atoms with van der Waals surface area (Å²) in [7, 11) is 0. The molecule has 0 heterocycles. The first-order valence-electron chi connectivity index (χ1n) is 10.7. The Morgan fingerprint density at radius 1 is 0.536 bits per heavy atom. The van der Waals surface area contributed by atoms with Crippen molar-refractivity contribution in [3.63, 3.8) is 0 Å². The van der Waals surface area contributed by atoms with Gasteiger partial charge in [-0.2, -0.15) is 0 Å². The minimum absolute atomic E-state index is 1.14. The molecule has 4 aromatic rings. The zero-order chi connectivity index (χ0) is 19.2. The fraction of sp³-hybridized carbons (Fsp3) is 0.250. The van der Waals surface area contributed by atoms with Gasteiger partial charge < -0.3 is 0 Å². The molecule has 0 atom stereocenters. The number of unbranched alkanes of at least 4 members (excludes halogenated alkanes) is 4. The van der Waals surface area contributed by atoms with Crippen LogP contribution in [0.5, 0.6) is 0 Å². The molecular weight excluding hydrogens is 336 g/mol. The lowest BCUT2D eigenvalue weighted by molar-refractivity contribution is 0.621. The molecule has 0 amide bonds. The van der Waals surface area contributed by atoms with Crippen molar-refractivity contribution >= 4 is 21.5 Å². The second kappa shape index (κ2) is 9.06. The van der Waals surface area contributed by atoms with Crippen LogP contribution < -0.4 is 0 Å². The molecule has 0 saturated heterocycles. The van der Waals surface area contributed by atoms with Gasteiger partial charge in [0.2, 0.25) is 0 Å². The molecule has 28 heavy (non-hydrogen) atoms. The smallest absolute Gasteiger partial charge is 0.0340 e. The van der Waals surface area contributed by atoms with E-state index in [9.17, 15) is 0 Å². The van der Waals surface area contributed by atoms with Crippen molar-refractivity contribution in [2.45, 2.75) is 45.4 Å². The van der Waals surface area contributed by atoms with Gasteiger partial charge in [0.1, 0.15) is 0 Å². The van der Waals surface area contributed by atoms with Crippen LogP contribution in [0.2, 0.25) is 0 Å². The Balaban J connectivity index is 1.67. The van der Waals surface area contributed by atoms with Crippen molar-refractivity contribution in [1.82, 2.24) is 0 Å². The van der Waals surface area contributed by atoms with Gasteiger partial charge in [0.15, 0.2) is 0 Å². The van der Waals surface area contributed by atoms with E-state index in [1.54, 1.807) is 0 Å². The second-order valence-corrected chi connectivity index (χ2v) is 7.77. The van der Waals surface area contributed by atoms with Gasteiger partial charge >= 0.3 is 0 Å². The molecule has 1 radical (unpaired) electrons. The summed E-state index contributed by atoms with van der Waals surface area (Å²) in [6.07, 6.45) is 7.71. The Morgan fingerprint density at radius 2 is 1.04 bits per heavy atom. The topological polar surface area (TPSA) is 0 Å². The molecule has 0 aromatic heterocycles. The quantitative estimate of drug-likeness (QED) is 0.275. The lowest BCUT2D eigenvalue weighted by Crippen LogP contribution is -2.03. The van der Waals surface area contributed by atoms with Crippen LogP contribution >= 0.6 is 0 Å². The van der Waals surface area contributed by atoms with Gasteiger partial charge in [0, 0.05) is 5.92 Å². The molecule has 4 aromatic carbocycles. The van der Waals surface area contributed by atoms with Gasteiger partial charge in [-0.25, -0.2) is 0 Å².